The number of hydrogen-bond donors (Lipinski definition) is 0. The molecule has 0 radical (unpaired) electrons. The maximum Gasteiger partial charge on any atom is 0.110 e. The van der Waals surface area contributed by atoms with Gasteiger partial charge in [-0.15, -0.1) is 22.7 Å². The Hall–Kier alpha value is -0.850. The van der Waals surface area contributed by atoms with Gasteiger partial charge in [0.25, 0.3) is 0 Å². The van der Waals surface area contributed by atoms with E-state index >= 15 is 0 Å². The number of hydrogen-bond acceptors (Lipinski definition) is 3. The zero-order valence-electron chi connectivity index (χ0n) is 16.8. The van der Waals surface area contributed by atoms with Gasteiger partial charge in [-0.2, -0.15) is 5.26 Å². The van der Waals surface area contributed by atoms with Gasteiger partial charge in [-0.1, -0.05) is 64.7 Å². The van der Waals surface area contributed by atoms with Crippen molar-refractivity contribution in [2.75, 3.05) is 0 Å². The molecule has 2 saturated carbocycles. The molecule has 0 bridgehead atoms. The van der Waals surface area contributed by atoms with Gasteiger partial charge in [-0.25, -0.2) is 0 Å². The van der Waals surface area contributed by atoms with Gasteiger partial charge >= 0.3 is 0 Å². The minimum atomic E-state index is 0.447. The molecule has 0 amide bonds. The molecule has 2 aliphatic rings. The maximum absolute atomic E-state index is 9.20. The first-order chi connectivity index (χ1) is 13.2. The number of fused-ring (bicyclic) bond motifs is 1. The molecule has 0 aromatic carbocycles. The first-order valence-corrected chi connectivity index (χ1v) is 12.8. The van der Waals surface area contributed by atoms with Crippen LogP contribution in [-0.2, 0) is 5.41 Å². The molecule has 0 atom stereocenters. The number of thiophene rings is 2. The zero-order valence-corrected chi connectivity index (χ0v) is 18.4. The van der Waals surface area contributed by atoms with Gasteiger partial charge in [0.05, 0.1) is 0 Å². The summed E-state index contributed by atoms with van der Waals surface area (Å²) >= 11 is 3.70. The summed E-state index contributed by atoms with van der Waals surface area (Å²) in [7, 11) is 0. The molecule has 0 saturated heterocycles. The third-order valence-electron chi connectivity index (χ3n) is 7.40. The molecule has 2 aromatic rings. The van der Waals surface area contributed by atoms with E-state index in [1.807, 2.05) is 11.3 Å². The molecule has 0 spiro atoms. The summed E-state index contributed by atoms with van der Waals surface area (Å²) in [5.41, 5.74) is 0.447. The Morgan fingerprint density at radius 3 is 2.41 bits per heavy atom. The van der Waals surface area contributed by atoms with E-state index in [0.29, 0.717) is 5.41 Å². The molecule has 0 N–H and O–H groups in total. The molecule has 0 aliphatic heterocycles. The third kappa shape index (κ3) is 3.99. The van der Waals surface area contributed by atoms with Gasteiger partial charge < -0.3 is 0 Å². The lowest BCUT2D eigenvalue weighted by atomic mass is 9.60. The standard InChI is InChI=1S/C24H33NS2/c1-2-3-5-8-18-9-11-19(12-10-18)24(13-6-4-7-14-24)23-16-22-21(27-23)15-20(17-25)26-22/h15-16,18-19H,2-14H2,1H3. The molecular formula is C24H33NS2. The van der Waals surface area contributed by atoms with Crippen molar-refractivity contribution in [1.82, 2.24) is 0 Å². The second-order valence-corrected chi connectivity index (χ2v) is 11.2. The van der Waals surface area contributed by atoms with Gasteiger partial charge in [0.2, 0.25) is 0 Å². The van der Waals surface area contributed by atoms with Crippen molar-refractivity contribution in [3.05, 3.63) is 21.9 Å². The fourth-order valence-corrected chi connectivity index (χ4v) is 8.38. The zero-order chi connectivity index (χ0) is 18.7. The summed E-state index contributed by atoms with van der Waals surface area (Å²) in [6.07, 6.45) is 18.6. The first-order valence-electron chi connectivity index (χ1n) is 11.2. The Morgan fingerprint density at radius 1 is 1.00 bits per heavy atom. The average molecular weight is 400 g/mol. The van der Waals surface area contributed by atoms with E-state index < -0.39 is 0 Å². The summed E-state index contributed by atoms with van der Waals surface area (Å²) in [6.45, 7) is 2.31. The third-order valence-corrected chi connectivity index (χ3v) is 9.82. The minimum Gasteiger partial charge on any atom is -0.192 e. The van der Waals surface area contributed by atoms with Gasteiger partial charge in [0, 0.05) is 19.7 Å². The predicted molar refractivity (Wildman–Crippen MR) is 119 cm³/mol. The van der Waals surface area contributed by atoms with E-state index in [-0.39, 0.29) is 0 Å². The van der Waals surface area contributed by atoms with E-state index in [1.165, 1.54) is 92.9 Å². The number of rotatable bonds is 6. The SMILES string of the molecule is CCCCCC1CCC(C2(c3cc4sc(C#N)cc4s3)CCCCC2)CC1. The Morgan fingerprint density at radius 2 is 1.74 bits per heavy atom. The highest BCUT2D eigenvalue weighted by atomic mass is 32.1. The molecule has 3 heteroatoms. The minimum absolute atomic E-state index is 0.447. The van der Waals surface area contributed by atoms with Crippen molar-refractivity contribution in [2.45, 2.75) is 95.8 Å². The Bertz CT molecular complexity index is 748. The van der Waals surface area contributed by atoms with Gasteiger partial charge in [0.15, 0.2) is 0 Å². The van der Waals surface area contributed by atoms with Crippen LogP contribution in [0, 0.1) is 23.2 Å². The van der Waals surface area contributed by atoms with Crippen LogP contribution in [0.25, 0.3) is 9.40 Å². The molecule has 27 heavy (non-hydrogen) atoms. The molecule has 4 rings (SSSR count). The lowest BCUT2D eigenvalue weighted by Crippen LogP contribution is -2.38. The summed E-state index contributed by atoms with van der Waals surface area (Å²) in [6, 6.07) is 6.92. The highest BCUT2D eigenvalue weighted by molar-refractivity contribution is 7.28. The average Bonchev–Trinajstić information content (AvgIpc) is 3.28. The molecule has 2 aromatic heterocycles. The van der Waals surface area contributed by atoms with Gasteiger partial charge in [-0.05, 0) is 49.7 Å². The molecular weight excluding hydrogens is 366 g/mol. The van der Waals surface area contributed by atoms with Crippen molar-refractivity contribution in [2.24, 2.45) is 11.8 Å². The fourth-order valence-electron chi connectivity index (χ4n) is 5.86. The molecule has 2 fully saturated rings. The topological polar surface area (TPSA) is 23.8 Å². The number of nitrogens with zero attached hydrogens (tertiary/aromatic N) is 1. The Kier molecular flexibility index (Phi) is 6.25. The van der Waals surface area contributed by atoms with Crippen LogP contribution in [0.4, 0.5) is 0 Å². The maximum atomic E-state index is 9.20. The van der Waals surface area contributed by atoms with Gasteiger partial charge in [-0.3, -0.25) is 0 Å². The molecule has 2 heterocycles. The van der Waals surface area contributed by atoms with Gasteiger partial charge in [0.1, 0.15) is 10.9 Å². The Labute approximate surface area is 172 Å². The van der Waals surface area contributed by atoms with E-state index in [1.54, 1.807) is 16.2 Å². The van der Waals surface area contributed by atoms with Crippen LogP contribution in [0.2, 0.25) is 0 Å². The smallest absolute Gasteiger partial charge is 0.110 e. The first kappa shape index (κ1) is 19.5. The highest BCUT2D eigenvalue weighted by Gasteiger charge is 2.43. The van der Waals surface area contributed by atoms with Crippen LogP contribution in [0.5, 0.6) is 0 Å². The van der Waals surface area contributed by atoms with Crippen LogP contribution in [-0.4, -0.2) is 0 Å². The number of unbranched alkanes of at least 4 members (excludes halogenated alkanes) is 2. The fraction of sp³-hybridized carbons (Fsp3) is 0.708. The summed E-state index contributed by atoms with van der Waals surface area (Å²) in [4.78, 5) is 2.52. The molecule has 0 unspecified atom stereocenters. The lowest BCUT2D eigenvalue weighted by Gasteiger charge is -2.46. The predicted octanol–water partition coefficient (Wildman–Crippen LogP) is 8.42. The number of nitriles is 1. The van der Waals surface area contributed by atoms with Crippen molar-refractivity contribution in [3.63, 3.8) is 0 Å². The summed E-state index contributed by atoms with van der Waals surface area (Å²) in [5.74, 6) is 1.89. The van der Waals surface area contributed by atoms with E-state index in [2.05, 4.69) is 25.1 Å². The van der Waals surface area contributed by atoms with Crippen LogP contribution in [0.3, 0.4) is 0 Å². The van der Waals surface area contributed by atoms with Crippen LogP contribution < -0.4 is 0 Å². The normalized spacial score (nSPS) is 25.5. The largest absolute Gasteiger partial charge is 0.192 e. The summed E-state index contributed by atoms with van der Waals surface area (Å²) < 4.78 is 2.70. The van der Waals surface area contributed by atoms with Crippen LogP contribution in [0.1, 0.15) is 100 Å². The van der Waals surface area contributed by atoms with E-state index in [4.69, 9.17) is 0 Å². The van der Waals surface area contributed by atoms with E-state index in [9.17, 15) is 5.26 Å². The molecule has 2 aliphatic carbocycles. The Balaban J connectivity index is 1.52. The second kappa shape index (κ2) is 8.66. The van der Waals surface area contributed by atoms with E-state index in [0.717, 1.165) is 16.7 Å². The quantitative estimate of drug-likeness (QED) is 0.447. The van der Waals surface area contributed by atoms with Crippen molar-refractivity contribution >= 4 is 32.1 Å². The molecule has 1 nitrogen and oxygen atoms in total. The van der Waals surface area contributed by atoms with Crippen molar-refractivity contribution in [1.29, 1.82) is 5.26 Å². The summed E-state index contributed by atoms with van der Waals surface area (Å²) in [5, 5.41) is 9.20. The van der Waals surface area contributed by atoms with Crippen LogP contribution >= 0.6 is 22.7 Å². The van der Waals surface area contributed by atoms with Crippen molar-refractivity contribution in [3.8, 4) is 6.07 Å². The molecule has 146 valence electrons. The highest BCUT2D eigenvalue weighted by Crippen LogP contribution is 2.54. The van der Waals surface area contributed by atoms with Crippen LogP contribution in [0.15, 0.2) is 12.1 Å². The monoisotopic (exact) mass is 399 g/mol. The lowest BCUT2D eigenvalue weighted by molar-refractivity contribution is 0.127. The second-order valence-electron chi connectivity index (χ2n) is 8.99. The van der Waals surface area contributed by atoms with Crippen molar-refractivity contribution < 1.29 is 0 Å².